The monoisotopic (exact) mass is 458 g/mol. The molecule has 2 aliphatic rings. The fourth-order valence-electron chi connectivity index (χ4n) is 4.71. The Labute approximate surface area is 175 Å². The molecule has 2 aromatic carbocycles. The van der Waals surface area contributed by atoms with E-state index in [0.717, 1.165) is 12.0 Å². The topological polar surface area (TPSA) is 63.6 Å². The van der Waals surface area contributed by atoms with Crippen molar-refractivity contribution >= 4 is 50.2 Å². The van der Waals surface area contributed by atoms with E-state index in [1.807, 2.05) is 11.8 Å². The summed E-state index contributed by atoms with van der Waals surface area (Å²) in [7, 11) is 0. The molecular formula is C22H24GeO4S. The molecular weight excluding hydrogens is 433 g/mol. The predicted octanol–water partition coefficient (Wildman–Crippen LogP) is 4.18. The van der Waals surface area contributed by atoms with Gasteiger partial charge in [-0.2, -0.15) is 0 Å². The van der Waals surface area contributed by atoms with Gasteiger partial charge in [-0.05, 0) is 0 Å². The summed E-state index contributed by atoms with van der Waals surface area (Å²) >= 11 is 0.475. The summed E-state index contributed by atoms with van der Waals surface area (Å²) in [6.07, 6.45) is 4.63. The first kappa shape index (κ1) is 19.6. The zero-order valence-electron chi connectivity index (χ0n) is 15.8. The number of hydrogen-bond donors (Lipinski definition) is 1. The summed E-state index contributed by atoms with van der Waals surface area (Å²) in [4.78, 5) is 24.1. The first-order valence-electron chi connectivity index (χ1n) is 9.73. The molecule has 2 aromatic rings. The Morgan fingerprint density at radius 3 is 2.68 bits per heavy atom. The van der Waals surface area contributed by atoms with Crippen molar-refractivity contribution in [1.29, 1.82) is 0 Å². The quantitative estimate of drug-likeness (QED) is 0.521. The fourth-order valence-corrected chi connectivity index (χ4v) is 10.8. The summed E-state index contributed by atoms with van der Waals surface area (Å²) in [5, 5.41) is 11.9. The van der Waals surface area contributed by atoms with Gasteiger partial charge >= 0.3 is 176 Å². The van der Waals surface area contributed by atoms with Gasteiger partial charge in [-0.25, -0.2) is 0 Å². The second-order valence-corrected chi connectivity index (χ2v) is 12.7. The fraction of sp³-hybridized carbons (Fsp3) is 0.364. The molecule has 0 amide bonds. The molecule has 0 aromatic heterocycles. The standard InChI is InChI=1S/C22H24GeO4S/c1-13(8-21(24)25)22(26)27-23-19-10-14-9-18(19)20(11-14)28-17-7-6-15-4-2-3-5-16(15)12-17/h2-8,12,14,18-20H,9-11,23H2,1H3,(H,24,25). The van der Waals surface area contributed by atoms with Crippen LogP contribution in [0.1, 0.15) is 26.2 Å². The third kappa shape index (κ3) is 4.30. The Morgan fingerprint density at radius 2 is 1.93 bits per heavy atom. The van der Waals surface area contributed by atoms with E-state index in [9.17, 15) is 9.59 Å². The van der Waals surface area contributed by atoms with Crippen molar-refractivity contribution in [2.75, 3.05) is 0 Å². The van der Waals surface area contributed by atoms with Crippen molar-refractivity contribution in [1.82, 2.24) is 0 Å². The molecule has 4 atom stereocenters. The molecule has 28 heavy (non-hydrogen) atoms. The number of benzene rings is 2. The summed E-state index contributed by atoms with van der Waals surface area (Å²) in [5.41, 5.74) is 0.184. The predicted molar refractivity (Wildman–Crippen MR) is 114 cm³/mol. The van der Waals surface area contributed by atoms with Gasteiger partial charge in [0.25, 0.3) is 0 Å². The zero-order valence-corrected chi connectivity index (χ0v) is 19.6. The van der Waals surface area contributed by atoms with Crippen LogP contribution in [-0.4, -0.2) is 38.1 Å². The Kier molecular flexibility index (Phi) is 5.83. The minimum atomic E-state index is -1.51. The Bertz CT molecular complexity index is 941. The Hall–Kier alpha value is -1.73. The average Bonchev–Trinajstić information content (AvgIpc) is 3.25. The number of carboxylic acid groups (broad SMARTS) is 1. The molecule has 2 saturated carbocycles. The number of fused-ring (bicyclic) bond motifs is 3. The van der Waals surface area contributed by atoms with Crippen LogP contribution in [0.3, 0.4) is 0 Å². The van der Waals surface area contributed by atoms with Crippen molar-refractivity contribution in [2.24, 2.45) is 11.8 Å². The van der Waals surface area contributed by atoms with Crippen LogP contribution >= 0.6 is 11.8 Å². The van der Waals surface area contributed by atoms with Crippen molar-refractivity contribution in [3.05, 3.63) is 54.1 Å². The molecule has 2 bridgehead atoms. The molecule has 0 radical (unpaired) electrons. The molecule has 1 N–H and O–H groups in total. The van der Waals surface area contributed by atoms with E-state index in [0.29, 0.717) is 15.9 Å². The van der Waals surface area contributed by atoms with Gasteiger partial charge in [-0.15, -0.1) is 0 Å². The molecule has 0 aliphatic heterocycles. The van der Waals surface area contributed by atoms with Gasteiger partial charge in [-0.3, -0.25) is 0 Å². The second-order valence-electron chi connectivity index (χ2n) is 7.93. The van der Waals surface area contributed by atoms with Crippen molar-refractivity contribution in [3.8, 4) is 0 Å². The number of thioether (sulfide) groups is 1. The third-order valence-electron chi connectivity index (χ3n) is 5.99. The molecule has 2 aliphatic carbocycles. The van der Waals surface area contributed by atoms with Crippen LogP contribution in [0.25, 0.3) is 10.8 Å². The van der Waals surface area contributed by atoms with E-state index in [1.54, 1.807) is 0 Å². The van der Waals surface area contributed by atoms with Crippen LogP contribution in [0.15, 0.2) is 59.0 Å². The first-order valence-corrected chi connectivity index (χ1v) is 13.5. The van der Waals surface area contributed by atoms with Gasteiger partial charge in [-0.1, -0.05) is 0 Å². The maximum atomic E-state index is 12.0. The van der Waals surface area contributed by atoms with Crippen molar-refractivity contribution in [3.63, 3.8) is 0 Å². The number of carbonyl (C=O) groups excluding carboxylic acids is 1. The van der Waals surface area contributed by atoms with Crippen LogP contribution in [-0.2, 0) is 13.4 Å². The normalized spacial score (nSPS) is 27.0. The van der Waals surface area contributed by atoms with Gasteiger partial charge < -0.3 is 0 Å². The molecule has 2 fully saturated rings. The van der Waals surface area contributed by atoms with Gasteiger partial charge in [0.2, 0.25) is 0 Å². The molecule has 4 unspecified atom stereocenters. The molecule has 146 valence electrons. The molecule has 4 nitrogen and oxygen atoms in total. The van der Waals surface area contributed by atoms with E-state index in [4.69, 9.17) is 8.87 Å². The van der Waals surface area contributed by atoms with E-state index in [-0.39, 0.29) is 5.57 Å². The van der Waals surface area contributed by atoms with Gasteiger partial charge in [0.15, 0.2) is 0 Å². The second kappa shape index (κ2) is 8.33. The molecule has 0 saturated heterocycles. The van der Waals surface area contributed by atoms with Crippen molar-refractivity contribution < 1.29 is 18.5 Å². The van der Waals surface area contributed by atoms with E-state index >= 15 is 0 Å². The minimum absolute atomic E-state index is 0.184. The Balaban J connectivity index is 1.38. The number of carboxylic acids is 1. The van der Waals surface area contributed by atoms with Crippen LogP contribution in [0.4, 0.5) is 0 Å². The Morgan fingerprint density at radius 1 is 1.14 bits per heavy atom. The first-order chi connectivity index (χ1) is 13.5. The van der Waals surface area contributed by atoms with Crippen molar-refractivity contribution in [2.45, 2.75) is 41.1 Å². The summed E-state index contributed by atoms with van der Waals surface area (Å²) in [6, 6.07) is 15.1. The number of hydrogen-bond acceptors (Lipinski definition) is 4. The van der Waals surface area contributed by atoms with E-state index < -0.39 is 27.7 Å². The van der Waals surface area contributed by atoms with Gasteiger partial charge in [0.1, 0.15) is 0 Å². The molecule has 6 heteroatoms. The van der Waals surface area contributed by atoms with E-state index in [1.165, 1.54) is 41.9 Å². The van der Waals surface area contributed by atoms with Crippen LogP contribution < -0.4 is 0 Å². The number of carbonyl (C=O) groups is 2. The zero-order chi connectivity index (χ0) is 19.7. The number of rotatable bonds is 6. The summed E-state index contributed by atoms with van der Waals surface area (Å²) in [6.45, 7) is 1.51. The third-order valence-corrected chi connectivity index (χ3v) is 11.1. The number of aliphatic carboxylic acids is 1. The van der Waals surface area contributed by atoms with Crippen LogP contribution in [0.2, 0.25) is 4.75 Å². The van der Waals surface area contributed by atoms with Gasteiger partial charge in [0.05, 0.1) is 0 Å². The molecule has 0 spiro atoms. The van der Waals surface area contributed by atoms with Crippen LogP contribution in [0, 0.1) is 11.8 Å². The van der Waals surface area contributed by atoms with Crippen LogP contribution in [0.5, 0.6) is 0 Å². The van der Waals surface area contributed by atoms with Gasteiger partial charge in [0, 0.05) is 0 Å². The molecule has 0 heterocycles. The SMILES string of the molecule is CC(=CC(=O)O)C(=O)[O][GeH2][CH]1CC2CC(Sc3ccc4ccccc4c3)C1C2. The van der Waals surface area contributed by atoms with E-state index in [2.05, 4.69) is 42.5 Å². The molecule has 4 rings (SSSR count). The summed E-state index contributed by atoms with van der Waals surface area (Å²) < 4.78 is 6.17. The summed E-state index contributed by atoms with van der Waals surface area (Å²) in [5.74, 6) is -0.149. The average molecular weight is 457 g/mol. The maximum absolute atomic E-state index is 12.0.